The van der Waals surface area contributed by atoms with Crippen LogP contribution >= 0.6 is 27.7 Å². The van der Waals surface area contributed by atoms with Gasteiger partial charge in [-0.15, -0.1) is 11.8 Å². The normalized spacial score (nSPS) is 10.5. The van der Waals surface area contributed by atoms with Crippen molar-refractivity contribution in [1.82, 2.24) is 10.1 Å². The molecular weight excluding hydrogens is 320 g/mol. The lowest BCUT2D eigenvalue weighted by Crippen LogP contribution is -2.00. The molecule has 5 nitrogen and oxygen atoms in total. The van der Waals surface area contributed by atoms with E-state index in [1.54, 1.807) is 11.8 Å². The first-order valence-corrected chi connectivity index (χ1v) is 6.83. The van der Waals surface area contributed by atoms with Gasteiger partial charge in [-0.05, 0) is 24.3 Å². The quantitative estimate of drug-likeness (QED) is 0.850. The van der Waals surface area contributed by atoms with E-state index in [4.69, 9.17) is 9.63 Å². The molecule has 94 valence electrons. The molecule has 0 fully saturated rings. The van der Waals surface area contributed by atoms with Gasteiger partial charge in [0.05, 0.1) is 5.75 Å². The zero-order valence-electron chi connectivity index (χ0n) is 9.17. The summed E-state index contributed by atoms with van der Waals surface area (Å²) in [6.45, 7) is 0. The maximum absolute atomic E-state index is 10.5. The van der Waals surface area contributed by atoms with E-state index in [0.29, 0.717) is 11.6 Å². The average molecular weight is 329 g/mol. The van der Waals surface area contributed by atoms with E-state index < -0.39 is 5.97 Å². The zero-order valence-corrected chi connectivity index (χ0v) is 11.6. The fourth-order valence-electron chi connectivity index (χ4n) is 1.23. The van der Waals surface area contributed by atoms with E-state index >= 15 is 0 Å². The molecule has 18 heavy (non-hydrogen) atoms. The van der Waals surface area contributed by atoms with Gasteiger partial charge < -0.3 is 9.63 Å². The van der Waals surface area contributed by atoms with E-state index in [9.17, 15) is 4.79 Å². The highest BCUT2D eigenvalue weighted by Gasteiger charge is 2.10. The first kappa shape index (κ1) is 13.1. The van der Waals surface area contributed by atoms with Crippen LogP contribution in [0, 0.1) is 0 Å². The van der Waals surface area contributed by atoms with Gasteiger partial charge in [0.2, 0.25) is 5.89 Å². The van der Waals surface area contributed by atoms with Gasteiger partial charge >= 0.3 is 5.97 Å². The number of carboxylic acid groups (broad SMARTS) is 1. The number of thioether (sulfide) groups is 1. The Kier molecular flexibility index (Phi) is 4.38. The molecule has 0 bridgehead atoms. The monoisotopic (exact) mass is 328 g/mol. The minimum absolute atomic E-state index is 0.133. The van der Waals surface area contributed by atoms with Crippen LogP contribution in [0.1, 0.15) is 11.7 Å². The number of nitrogens with zero attached hydrogens (tertiary/aromatic N) is 2. The molecule has 1 aromatic carbocycles. The van der Waals surface area contributed by atoms with Gasteiger partial charge in [0.15, 0.2) is 5.82 Å². The summed E-state index contributed by atoms with van der Waals surface area (Å²) in [5, 5.41) is 12.3. The van der Waals surface area contributed by atoms with E-state index in [2.05, 4.69) is 26.1 Å². The molecule has 1 N–H and O–H groups in total. The van der Waals surface area contributed by atoms with Crippen LogP contribution in [0.5, 0.6) is 0 Å². The molecule has 7 heteroatoms. The van der Waals surface area contributed by atoms with Gasteiger partial charge in [-0.1, -0.05) is 21.1 Å². The Labute approximate surface area is 116 Å². The molecule has 0 aliphatic rings. The van der Waals surface area contributed by atoms with Crippen LogP contribution in [0.2, 0.25) is 0 Å². The minimum atomic E-state index is -0.981. The molecule has 2 rings (SSSR count). The highest BCUT2D eigenvalue weighted by atomic mass is 79.9. The summed E-state index contributed by atoms with van der Waals surface area (Å²) in [7, 11) is 0. The van der Waals surface area contributed by atoms with Crippen molar-refractivity contribution >= 4 is 33.7 Å². The molecular formula is C11H9BrN2O3S. The number of carboxylic acids is 1. The van der Waals surface area contributed by atoms with Crippen molar-refractivity contribution in [2.75, 3.05) is 0 Å². The Balaban J connectivity index is 1.92. The number of aromatic nitrogens is 2. The third-order valence-electron chi connectivity index (χ3n) is 1.99. The molecule has 2 aromatic rings. The highest BCUT2D eigenvalue weighted by Crippen LogP contribution is 2.23. The average Bonchev–Trinajstić information content (AvgIpc) is 2.75. The summed E-state index contributed by atoms with van der Waals surface area (Å²) >= 11 is 4.92. The lowest BCUT2D eigenvalue weighted by molar-refractivity contribution is -0.136. The van der Waals surface area contributed by atoms with Gasteiger partial charge in [0.25, 0.3) is 0 Å². The summed E-state index contributed by atoms with van der Waals surface area (Å²) in [4.78, 5) is 15.5. The second-order valence-electron chi connectivity index (χ2n) is 3.42. The van der Waals surface area contributed by atoms with Crippen LogP contribution in [0.4, 0.5) is 0 Å². The number of benzene rings is 1. The highest BCUT2D eigenvalue weighted by molar-refractivity contribution is 9.10. The van der Waals surface area contributed by atoms with Gasteiger partial charge in [0, 0.05) is 9.37 Å². The summed E-state index contributed by atoms with van der Waals surface area (Å²) in [5.74, 6) is 0.198. The molecule has 0 aliphatic carbocycles. The maximum Gasteiger partial charge on any atom is 0.312 e. The maximum atomic E-state index is 10.5. The zero-order chi connectivity index (χ0) is 13.0. The molecule has 0 atom stereocenters. The SMILES string of the molecule is O=C(O)Cc1nc(CSc2ccc(Br)cc2)no1. The summed E-state index contributed by atoms with van der Waals surface area (Å²) < 4.78 is 5.84. The molecule has 0 radical (unpaired) electrons. The van der Waals surface area contributed by atoms with Crippen LogP contribution in [0.25, 0.3) is 0 Å². The molecule has 1 heterocycles. The van der Waals surface area contributed by atoms with Crippen molar-refractivity contribution in [2.45, 2.75) is 17.1 Å². The molecule has 0 spiro atoms. The Morgan fingerprint density at radius 2 is 2.11 bits per heavy atom. The van der Waals surface area contributed by atoms with Crippen molar-refractivity contribution in [1.29, 1.82) is 0 Å². The van der Waals surface area contributed by atoms with E-state index in [-0.39, 0.29) is 12.3 Å². The number of hydrogen-bond donors (Lipinski definition) is 1. The van der Waals surface area contributed by atoms with Gasteiger partial charge in [-0.25, -0.2) is 0 Å². The van der Waals surface area contributed by atoms with Crippen molar-refractivity contribution < 1.29 is 14.4 Å². The van der Waals surface area contributed by atoms with Gasteiger partial charge in [-0.2, -0.15) is 4.98 Å². The topological polar surface area (TPSA) is 76.2 Å². The molecule has 1 aromatic heterocycles. The van der Waals surface area contributed by atoms with Crippen molar-refractivity contribution in [2.24, 2.45) is 0 Å². The van der Waals surface area contributed by atoms with Crippen LogP contribution in [-0.4, -0.2) is 21.2 Å². The molecule has 0 saturated carbocycles. The van der Waals surface area contributed by atoms with Crippen molar-refractivity contribution in [3.63, 3.8) is 0 Å². The minimum Gasteiger partial charge on any atom is -0.481 e. The third kappa shape index (κ3) is 3.85. The van der Waals surface area contributed by atoms with Crippen LogP contribution in [0.3, 0.4) is 0 Å². The Morgan fingerprint density at radius 1 is 1.39 bits per heavy atom. The van der Waals surface area contributed by atoms with Crippen LogP contribution < -0.4 is 0 Å². The van der Waals surface area contributed by atoms with Crippen molar-refractivity contribution in [3.05, 3.63) is 40.5 Å². The largest absolute Gasteiger partial charge is 0.481 e. The molecule has 0 saturated heterocycles. The lowest BCUT2D eigenvalue weighted by Gasteiger charge is -1.97. The number of carbonyl (C=O) groups is 1. The molecule has 0 aliphatic heterocycles. The first-order valence-electron chi connectivity index (χ1n) is 5.05. The van der Waals surface area contributed by atoms with E-state index in [1.807, 2.05) is 24.3 Å². The van der Waals surface area contributed by atoms with E-state index in [1.165, 1.54) is 0 Å². The smallest absolute Gasteiger partial charge is 0.312 e. The summed E-state index contributed by atoms with van der Waals surface area (Å²) in [6, 6.07) is 7.86. The Hall–Kier alpha value is -1.34. The summed E-state index contributed by atoms with van der Waals surface area (Å²) in [5.41, 5.74) is 0. The predicted molar refractivity (Wildman–Crippen MR) is 69.3 cm³/mol. The molecule has 0 amide bonds. The van der Waals surface area contributed by atoms with E-state index in [0.717, 1.165) is 9.37 Å². The third-order valence-corrected chi connectivity index (χ3v) is 3.53. The van der Waals surface area contributed by atoms with Crippen molar-refractivity contribution in [3.8, 4) is 0 Å². The van der Waals surface area contributed by atoms with Gasteiger partial charge in [-0.3, -0.25) is 4.79 Å². The van der Waals surface area contributed by atoms with Crippen LogP contribution in [-0.2, 0) is 17.0 Å². The molecule has 0 unspecified atom stereocenters. The summed E-state index contributed by atoms with van der Waals surface area (Å²) in [6.07, 6.45) is -0.240. The predicted octanol–water partition coefficient (Wildman–Crippen LogP) is 2.75. The van der Waals surface area contributed by atoms with Crippen LogP contribution in [0.15, 0.2) is 38.2 Å². The Morgan fingerprint density at radius 3 is 2.78 bits per heavy atom. The second kappa shape index (κ2) is 6.01. The lowest BCUT2D eigenvalue weighted by atomic mass is 10.4. The Bertz CT molecular complexity index is 541. The number of rotatable bonds is 5. The number of halogens is 1. The second-order valence-corrected chi connectivity index (χ2v) is 5.38. The fourth-order valence-corrected chi connectivity index (χ4v) is 2.23. The number of aliphatic carboxylic acids is 1. The standard InChI is InChI=1S/C11H9BrN2O3S/c12-7-1-3-8(4-2-7)18-6-9-13-10(17-14-9)5-11(15)16/h1-4H,5-6H2,(H,15,16). The fraction of sp³-hybridized carbons (Fsp3) is 0.182. The number of hydrogen-bond acceptors (Lipinski definition) is 5. The first-order chi connectivity index (χ1) is 8.63. The van der Waals surface area contributed by atoms with Gasteiger partial charge in [0.1, 0.15) is 6.42 Å².